The first-order chi connectivity index (χ1) is 7.70. The lowest BCUT2D eigenvalue weighted by Crippen LogP contribution is -2.34. The maximum Gasteiger partial charge on any atom is 0.190 e. The Balaban J connectivity index is 2.21. The minimum Gasteiger partial charge on any atom is -0.355 e. The molecule has 1 atom stereocenters. The van der Waals surface area contributed by atoms with E-state index in [1.807, 2.05) is 12.3 Å². The maximum absolute atomic E-state index is 5.97. The minimum atomic E-state index is 0.501. The van der Waals surface area contributed by atoms with Crippen molar-refractivity contribution in [3.63, 3.8) is 0 Å². The molecule has 1 unspecified atom stereocenters. The van der Waals surface area contributed by atoms with E-state index >= 15 is 0 Å². The Bertz CT molecular complexity index is 368. The molecule has 0 amide bonds. The molecular formula is C10H15ClN4S. The van der Waals surface area contributed by atoms with E-state index in [9.17, 15) is 0 Å². The third-order valence-corrected chi connectivity index (χ3v) is 3.53. The van der Waals surface area contributed by atoms with E-state index in [0.717, 1.165) is 30.5 Å². The monoisotopic (exact) mass is 258 g/mol. The minimum absolute atomic E-state index is 0.501. The molecule has 4 nitrogen and oxygen atoms in total. The third-order valence-electron chi connectivity index (χ3n) is 2.79. The highest BCUT2D eigenvalue weighted by atomic mass is 35.5. The second-order valence-corrected chi connectivity index (χ2v) is 4.95. The Morgan fingerprint density at radius 2 is 2.38 bits per heavy atom. The lowest BCUT2D eigenvalue weighted by atomic mass is 10.2. The van der Waals surface area contributed by atoms with Crippen molar-refractivity contribution in [3.05, 3.63) is 11.2 Å². The van der Waals surface area contributed by atoms with E-state index in [-0.39, 0.29) is 0 Å². The topological polar surface area (TPSA) is 41.1 Å². The summed E-state index contributed by atoms with van der Waals surface area (Å²) >= 11 is 7.48. The quantitative estimate of drug-likeness (QED) is 0.507. The lowest BCUT2D eigenvalue weighted by Gasteiger charge is -2.24. The highest BCUT2D eigenvalue weighted by Crippen LogP contribution is 2.22. The Morgan fingerprint density at radius 1 is 1.56 bits per heavy atom. The van der Waals surface area contributed by atoms with Gasteiger partial charge in [-0.1, -0.05) is 23.4 Å². The average Bonchev–Trinajstić information content (AvgIpc) is 2.80. The molecule has 1 N–H and O–H groups in total. The Morgan fingerprint density at radius 3 is 3.00 bits per heavy atom. The molecule has 0 aliphatic carbocycles. The van der Waals surface area contributed by atoms with Crippen LogP contribution in [0.25, 0.3) is 0 Å². The van der Waals surface area contributed by atoms with Gasteiger partial charge in [-0.05, 0) is 19.2 Å². The second kappa shape index (κ2) is 5.21. The van der Waals surface area contributed by atoms with E-state index in [0.29, 0.717) is 11.2 Å². The highest BCUT2D eigenvalue weighted by molar-refractivity contribution is 7.98. The Kier molecular flexibility index (Phi) is 3.89. The predicted molar refractivity (Wildman–Crippen MR) is 68.5 cm³/mol. The van der Waals surface area contributed by atoms with Crippen LogP contribution >= 0.6 is 23.4 Å². The summed E-state index contributed by atoms with van der Waals surface area (Å²) in [7, 11) is 2.06. The van der Waals surface area contributed by atoms with E-state index in [2.05, 4.69) is 27.2 Å². The number of thioether (sulfide) groups is 1. The maximum atomic E-state index is 5.97. The van der Waals surface area contributed by atoms with Crippen LogP contribution in [-0.4, -0.2) is 42.4 Å². The van der Waals surface area contributed by atoms with E-state index in [4.69, 9.17) is 11.6 Å². The third kappa shape index (κ3) is 2.59. The van der Waals surface area contributed by atoms with Gasteiger partial charge in [-0.2, -0.15) is 0 Å². The zero-order valence-electron chi connectivity index (χ0n) is 9.40. The van der Waals surface area contributed by atoms with Crippen molar-refractivity contribution in [1.82, 2.24) is 15.3 Å². The summed E-state index contributed by atoms with van der Waals surface area (Å²) in [6, 6.07) is 2.32. The van der Waals surface area contributed by atoms with Gasteiger partial charge < -0.3 is 10.2 Å². The van der Waals surface area contributed by atoms with Crippen LogP contribution in [0.2, 0.25) is 5.15 Å². The van der Waals surface area contributed by atoms with Gasteiger partial charge in [0, 0.05) is 25.7 Å². The number of nitrogens with zero attached hydrogens (tertiary/aromatic N) is 3. The van der Waals surface area contributed by atoms with Crippen LogP contribution in [-0.2, 0) is 0 Å². The molecule has 2 heterocycles. The summed E-state index contributed by atoms with van der Waals surface area (Å²) in [6.07, 6.45) is 3.10. The van der Waals surface area contributed by atoms with Crippen molar-refractivity contribution in [2.75, 3.05) is 31.3 Å². The first kappa shape index (κ1) is 12.0. The number of halogens is 1. The number of likely N-dealkylation sites (N-methyl/N-ethyl adjacent to an activating group) is 1. The molecule has 0 radical (unpaired) electrons. The van der Waals surface area contributed by atoms with Gasteiger partial charge in [0.05, 0.1) is 0 Å². The fraction of sp³-hybridized carbons (Fsp3) is 0.600. The average molecular weight is 259 g/mol. The van der Waals surface area contributed by atoms with Crippen molar-refractivity contribution < 1.29 is 0 Å². The summed E-state index contributed by atoms with van der Waals surface area (Å²) < 4.78 is 0. The Labute approximate surface area is 105 Å². The van der Waals surface area contributed by atoms with E-state index in [1.54, 1.807) is 0 Å². The van der Waals surface area contributed by atoms with Crippen LogP contribution in [0, 0.1) is 0 Å². The van der Waals surface area contributed by atoms with Gasteiger partial charge in [0.25, 0.3) is 0 Å². The molecule has 1 aromatic heterocycles. The largest absolute Gasteiger partial charge is 0.355 e. The lowest BCUT2D eigenvalue weighted by molar-refractivity contribution is 0.672. The van der Waals surface area contributed by atoms with Crippen LogP contribution in [0.15, 0.2) is 11.2 Å². The first-order valence-corrected chi connectivity index (χ1v) is 6.83. The van der Waals surface area contributed by atoms with Gasteiger partial charge in [0.1, 0.15) is 11.0 Å². The molecule has 1 aromatic rings. The van der Waals surface area contributed by atoms with Crippen LogP contribution in [0.4, 0.5) is 5.82 Å². The summed E-state index contributed by atoms with van der Waals surface area (Å²) in [5, 5.41) is 4.57. The van der Waals surface area contributed by atoms with Gasteiger partial charge in [-0.3, -0.25) is 0 Å². The summed E-state index contributed by atoms with van der Waals surface area (Å²) in [5.41, 5.74) is 0. The standard InChI is InChI=1S/C10H15ClN4S/c1-15(7-3-4-12-6-7)9-5-8(11)13-10(14-9)16-2/h5,7,12H,3-4,6H2,1-2H3. The molecule has 1 aliphatic heterocycles. The molecule has 0 aromatic carbocycles. The molecule has 1 saturated heterocycles. The van der Waals surface area contributed by atoms with Crippen molar-refractivity contribution in [2.24, 2.45) is 0 Å². The molecule has 88 valence electrons. The zero-order chi connectivity index (χ0) is 11.5. The van der Waals surface area contributed by atoms with Crippen molar-refractivity contribution >= 4 is 29.2 Å². The number of rotatable bonds is 3. The van der Waals surface area contributed by atoms with Crippen molar-refractivity contribution in [1.29, 1.82) is 0 Å². The molecule has 1 aliphatic rings. The van der Waals surface area contributed by atoms with Crippen LogP contribution in [0.5, 0.6) is 0 Å². The van der Waals surface area contributed by atoms with Gasteiger partial charge in [0.2, 0.25) is 0 Å². The summed E-state index contributed by atoms with van der Waals surface area (Å²) in [6.45, 7) is 2.08. The molecule has 0 bridgehead atoms. The van der Waals surface area contributed by atoms with Crippen LogP contribution in [0.3, 0.4) is 0 Å². The fourth-order valence-corrected chi connectivity index (χ4v) is 2.42. The van der Waals surface area contributed by atoms with E-state index < -0.39 is 0 Å². The number of nitrogens with one attached hydrogen (secondary N) is 1. The number of aromatic nitrogens is 2. The second-order valence-electron chi connectivity index (χ2n) is 3.79. The number of anilines is 1. The van der Waals surface area contributed by atoms with Crippen molar-refractivity contribution in [2.45, 2.75) is 17.6 Å². The Hall–Kier alpha value is -0.520. The molecule has 2 rings (SSSR count). The molecule has 16 heavy (non-hydrogen) atoms. The van der Waals surface area contributed by atoms with Crippen molar-refractivity contribution in [3.8, 4) is 0 Å². The molecule has 0 spiro atoms. The van der Waals surface area contributed by atoms with E-state index in [1.165, 1.54) is 11.8 Å². The smallest absolute Gasteiger partial charge is 0.190 e. The molecule has 0 saturated carbocycles. The van der Waals surface area contributed by atoms with Gasteiger partial charge >= 0.3 is 0 Å². The normalized spacial score (nSPS) is 20.1. The highest BCUT2D eigenvalue weighted by Gasteiger charge is 2.20. The predicted octanol–water partition coefficient (Wildman–Crippen LogP) is 1.65. The summed E-state index contributed by atoms with van der Waals surface area (Å²) in [5.74, 6) is 0.901. The molecular weight excluding hydrogens is 244 g/mol. The SMILES string of the molecule is CSc1nc(Cl)cc(N(C)C2CCNC2)n1. The number of hydrogen-bond donors (Lipinski definition) is 1. The number of hydrogen-bond acceptors (Lipinski definition) is 5. The van der Waals surface area contributed by atoms with Gasteiger partial charge in [-0.15, -0.1) is 0 Å². The van der Waals surface area contributed by atoms with Crippen LogP contribution in [0.1, 0.15) is 6.42 Å². The molecule has 1 fully saturated rings. The fourth-order valence-electron chi connectivity index (χ4n) is 1.81. The zero-order valence-corrected chi connectivity index (χ0v) is 11.0. The molecule has 6 heteroatoms. The first-order valence-electron chi connectivity index (χ1n) is 5.23. The van der Waals surface area contributed by atoms with Crippen LogP contribution < -0.4 is 10.2 Å². The van der Waals surface area contributed by atoms with Gasteiger partial charge in [-0.25, -0.2) is 9.97 Å². The van der Waals surface area contributed by atoms with Gasteiger partial charge in [0.15, 0.2) is 5.16 Å². The summed E-state index contributed by atoms with van der Waals surface area (Å²) in [4.78, 5) is 10.8.